The van der Waals surface area contributed by atoms with Gasteiger partial charge in [0.15, 0.2) is 18.2 Å². The Balaban J connectivity index is 0.000000707. The maximum absolute atomic E-state index is 13.5. The number of amides is 2. The van der Waals surface area contributed by atoms with Crippen LogP contribution in [-0.4, -0.2) is 61.8 Å². The number of ether oxygens (including phenoxy) is 2. The zero-order valence-corrected chi connectivity index (χ0v) is 24.8. The van der Waals surface area contributed by atoms with Crippen LogP contribution >= 0.6 is 0 Å². The zero-order chi connectivity index (χ0) is 33.3. The number of aliphatic carboxylic acids is 1. The summed E-state index contributed by atoms with van der Waals surface area (Å²) in [6, 6.07) is 18.7. The summed E-state index contributed by atoms with van der Waals surface area (Å²) in [4.78, 5) is 41.4. The molecule has 0 saturated heterocycles. The van der Waals surface area contributed by atoms with Crippen molar-refractivity contribution in [2.24, 2.45) is 10.7 Å². The lowest BCUT2D eigenvalue weighted by molar-refractivity contribution is -0.192. The summed E-state index contributed by atoms with van der Waals surface area (Å²) < 4.78 is 43.5. The van der Waals surface area contributed by atoms with Gasteiger partial charge in [0, 0.05) is 31.0 Å². The number of fused-ring (bicyclic) bond motifs is 5. The molecule has 0 radical (unpaired) electrons. The van der Waals surface area contributed by atoms with E-state index in [4.69, 9.17) is 25.1 Å². The van der Waals surface area contributed by atoms with Gasteiger partial charge in [-0.2, -0.15) is 13.2 Å². The van der Waals surface area contributed by atoms with Crippen LogP contribution in [0.1, 0.15) is 41.4 Å². The lowest BCUT2D eigenvalue weighted by Crippen LogP contribution is -2.45. The van der Waals surface area contributed by atoms with E-state index in [1.807, 2.05) is 45.0 Å². The van der Waals surface area contributed by atoms with Gasteiger partial charge >= 0.3 is 12.1 Å². The number of aliphatic imine (C=N–C) groups is 1. The molecule has 2 amide bonds. The van der Waals surface area contributed by atoms with Crippen LogP contribution in [0, 0.1) is 0 Å². The number of carbonyl (C=O) groups is 3. The number of hydrazine groups is 1. The molecule has 240 valence electrons. The number of hydrogen-bond donors (Lipinski definition) is 5. The third-order valence-corrected chi connectivity index (χ3v) is 6.04. The topological polar surface area (TPSA) is 168 Å². The minimum atomic E-state index is -5.08. The molecule has 4 bridgehead atoms. The normalized spacial score (nSPS) is 15.2. The lowest BCUT2D eigenvalue weighted by Gasteiger charge is -2.22. The van der Waals surface area contributed by atoms with Crippen LogP contribution in [0.3, 0.4) is 0 Å². The Morgan fingerprint density at radius 2 is 1.71 bits per heavy atom. The molecule has 0 fully saturated rings. The number of carboxylic acid groups (broad SMARTS) is 1. The monoisotopic (exact) mass is 630 g/mol. The summed E-state index contributed by atoms with van der Waals surface area (Å²) in [6.07, 6.45) is -5.17. The van der Waals surface area contributed by atoms with E-state index in [-0.39, 0.29) is 12.8 Å². The number of benzene rings is 3. The molecule has 2 aliphatic heterocycles. The van der Waals surface area contributed by atoms with Crippen molar-refractivity contribution in [1.29, 1.82) is 0 Å². The predicted octanol–water partition coefficient (Wildman–Crippen LogP) is 3.84. The van der Waals surface area contributed by atoms with Gasteiger partial charge in [0.05, 0.1) is 11.7 Å². The van der Waals surface area contributed by atoms with Crippen molar-refractivity contribution in [3.63, 3.8) is 0 Å². The molecule has 3 aromatic carbocycles. The maximum Gasteiger partial charge on any atom is 0.490 e. The highest BCUT2D eigenvalue weighted by Crippen LogP contribution is 2.33. The minimum Gasteiger partial charge on any atom is -0.487 e. The maximum atomic E-state index is 13.5. The second-order valence-electron chi connectivity index (χ2n) is 10.0. The summed E-state index contributed by atoms with van der Waals surface area (Å²) in [6.45, 7) is 3.79. The molecule has 0 spiro atoms. The quantitative estimate of drug-likeness (QED) is 0.263. The van der Waals surface area contributed by atoms with E-state index in [1.54, 1.807) is 54.6 Å². The Hall–Kier alpha value is -5.47. The minimum absolute atomic E-state index is 0.0306. The molecule has 1 unspecified atom stereocenters. The van der Waals surface area contributed by atoms with Crippen LogP contribution in [0.25, 0.3) is 0 Å². The van der Waals surface area contributed by atoms with Crippen LogP contribution in [0.2, 0.25) is 0 Å². The van der Waals surface area contributed by atoms with Gasteiger partial charge in [-0.3, -0.25) is 20.4 Å². The van der Waals surface area contributed by atoms with E-state index in [9.17, 15) is 22.8 Å². The third kappa shape index (κ3) is 9.51. The standard InChI is InChI=1S/C28H32N6O4.C2HF3O2/c1-17(2)38-23-14-11-19-15-24(23)37-16-30-26(29)18-9-12-20(13-10-18)31-25(19)28(36)33-32-27(35)21-7-5-6-8-22(21)34(3)4;3-2(4,5)1(6)7/h5-15,17,25,31H,16H2,1-4H3,(H2,29,30)(H,32,35)(H,33,36);(H,6,7). The summed E-state index contributed by atoms with van der Waals surface area (Å²) in [5.41, 5.74) is 14.4. The first-order valence-electron chi connectivity index (χ1n) is 13.4. The highest BCUT2D eigenvalue weighted by Gasteiger charge is 2.38. The summed E-state index contributed by atoms with van der Waals surface area (Å²) in [5.74, 6) is -2.41. The molecule has 0 saturated carbocycles. The lowest BCUT2D eigenvalue weighted by atomic mass is 10.0. The zero-order valence-electron chi connectivity index (χ0n) is 24.8. The Labute approximate surface area is 257 Å². The first kappa shape index (κ1) is 34.0. The van der Waals surface area contributed by atoms with Crippen LogP contribution in [0.4, 0.5) is 24.5 Å². The van der Waals surface area contributed by atoms with Crippen molar-refractivity contribution in [2.45, 2.75) is 32.2 Å². The van der Waals surface area contributed by atoms with Gasteiger partial charge in [-0.1, -0.05) is 18.2 Å². The number of anilines is 2. The first-order valence-corrected chi connectivity index (χ1v) is 13.4. The van der Waals surface area contributed by atoms with Crippen molar-refractivity contribution in [2.75, 3.05) is 31.0 Å². The van der Waals surface area contributed by atoms with Gasteiger partial charge in [0.2, 0.25) is 0 Å². The Bertz CT molecular complexity index is 1540. The fraction of sp³-hybridized carbons (Fsp3) is 0.267. The Morgan fingerprint density at radius 3 is 2.31 bits per heavy atom. The van der Waals surface area contributed by atoms with Crippen LogP contribution in [0.15, 0.2) is 71.7 Å². The number of halogens is 3. The fourth-order valence-corrected chi connectivity index (χ4v) is 3.95. The highest BCUT2D eigenvalue weighted by molar-refractivity contribution is 6.01. The number of amidine groups is 1. The van der Waals surface area contributed by atoms with E-state index in [1.165, 1.54) is 0 Å². The molecule has 2 heterocycles. The van der Waals surface area contributed by atoms with Crippen LogP contribution in [0.5, 0.6) is 11.5 Å². The number of alkyl halides is 3. The molecule has 6 N–H and O–H groups in total. The predicted molar refractivity (Wildman–Crippen MR) is 161 cm³/mol. The van der Waals surface area contributed by atoms with Gasteiger partial charge in [0.25, 0.3) is 11.8 Å². The SMILES string of the molecule is CC(C)Oc1ccc2cc1OC/N=C(/N)c1ccc(cc1)NC2C(=O)NNC(=O)c1ccccc1N(C)C.O=C(O)C(F)(F)F. The van der Waals surface area contributed by atoms with Crippen molar-refractivity contribution < 1.29 is 42.1 Å². The van der Waals surface area contributed by atoms with E-state index >= 15 is 0 Å². The number of nitrogens with two attached hydrogens (primary N) is 1. The molecule has 2 aliphatic rings. The molecule has 12 nitrogen and oxygen atoms in total. The van der Waals surface area contributed by atoms with E-state index in [0.29, 0.717) is 34.1 Å². The number of nitrogens with one attached hydrogen (secondary N) is 3. The van der Waals surface area contributed by atoms with Crippen molar-refractivity contribution >= 4 is 35.0 Å². The molecular weight excluding hydrogens is 597 g/mol. The van der Waals surface area contributed by atoms with Crippen LogP contribution in [-0.2, 0) is 9.59 Å². The van der Waals surface area contributed by atoms with E-state index in [2.05, 4.69) is 21.2 Å². The summed E-state index contributed by atoms with van der Waals surface area (Å²) >= 11 is 0. The summed E-state index contributed by atoms with van der Waals surface area (Å²) in [5, 5.41) is 10.4. The van der Waals surface area contributed by atoms with Crippen molar-refractivity contribution in [1.82, 2.24) is 10.9 Å². The molecular formula is C30H33F3N6O6. The van der Waals surface area contributed by atoms with E-state index < -0.39 is 30.0 Å². The second kappa shape index (κ2) is 14.8. The third-order valence-electron chi connectivity index (χ3n) is 6.04. The largest absolute Gasteiger partial charge is 0.490 e. The van der Waals surface area contributed by atoms with Crippen LogP contribution < -0.4 is 36.3 Å². The van der Waals surface area contributed by atoms with Crippen molar-refractivity contribution in [3.05, 3.63) is 83.4 Å². The van der Waals surface area contributed by atoms with Gasteiger partial charge in [-0.05, 0) is 67.9 Å². The molecule has 3 aromatic rings. The van der Waals surface area contributed by atoms with Gasteiger partial charge in [0.1, 0.15) is 11.9 Å². The van der Waals surface area contributed by atoms with Gasteiger partial charge in [-0.15, -0.1) is 0 Å². The average molecular weight is 631 g/mol. The number of carboxylic acids is 1. The summed E-state index contributed by atoms with van der Waals surface area (Å²) in [7, 11) is 3.69. The number of rotatable bonds is 5. The Morgan fingerprint density at radius 1 is 1.07 bits per heavy atom. The highest BCUT2D eigenvalue weighted by atomic mass is 19.4. The number of carbonyl (C=O) groups excluding carboxylic acids is 2. The molecule has 0 aliphatic carbocycles. The second-order valence-corrected chi connectivity index (χ2v) is 10.0. The number of para-hydroxylation sites is 1. The average Bonchev–Trinajstić information content (AvgIpc) is 3.00. The van der Waals surface area contributed by atoms with E-state index in [0.717, 1.165) is 11.3 Å². The molecule has 15 heteroatoms. The first-order chi connectivity index (χ1) is 21.2. The van der Waals surface area contributed by atoms with Gasteiger partial charge < -0.3 is 30.5 Å². The molecule has 45 heavy (non-hydrogen) atoms. The molecule has 0 aromatic heterocycles. The van der Waals surface area contributed by atoms with Gasteiger partial charge in [-0.25, -0.2) is 9.79 Å². The Kier molecular flexibility index (Phi) is 11.2. The number of nitrogens with zero attached hydrogens (tertiary/aromatic N) is 2. The number of hydrogen-bond acceptors (Lipinski definition) is 9. The van der Waals surface area contributed by atoms with Crippen molar-refractivity contribution in [3.8, 4) is 11.5 Å². The smallest absolute Gasteiger partial charge is 0.487 e. The molecule has 1 atom stereocenters. The molecule has 5 rings (SSSR count). The fourth-order valence-electron chi connectivity index (χ4n) is 3.95.